The van der Waals surface area contributed by atoms with Gasteiger partial charge in [0.25, 0.3) is 0 Å². The minimum atomic E-state index is -1.14. The van der Waals surface area contributed by atoms with Crippen molar-refractivity contribution in [2.75, 3.05) is 13.1 Å². The Morgan fingerprint density at radius 1 is 1.30 bits per heavy atom. The minimum absolute atomic E-state index is 0.000786. The van der Waals surface area contributed by atoms with E-state index in [0.29, 0.717) is 13.1 Å². The lowest BCUT2D eigenvalue weighted by Crippen LogP contribution is -2.50. The number of carbonyl (C=O) groups excluding carboxylic acids is 1. The first-order valence-corrected chi connectivity index (χ1v) is 11.0. The van der Waals surface area contributed by atoms with Crippen molar-refractivity contribution in [1.82, 2.24) is 9.62 Å². The third kappa shape index (κ3) is 4.28. The average molecular weight is 393 g/mol. The number of likely N-dealkylation sites (tertiary alicyclic amines) is 1. The molecule has 1 amide bonds. The number of hydrogen-bond acceptors (Lipinski definition) is 4. The Labute approximate surface area is 166 Å². The summed E-state index contributed by atoms with van der Waals surface area (Å²) in [5.41, 5.74) is 2.59. The predicted molar refractivity (Wildman–Crippen MR) is 109 cm³/mol. The van der Waals surface area contributed by atoms with Gasteiger partial charge in [0.05, 0.1) is 12.1 Å². The maximum atomic E-state index is 12.9. The third-order valence-corrected chi connectivity index (χ3v) is 7.22. The summed E-state index contributed by atoms with van der Waals surface area (Å²) in [5, 5.41) is 0. The van der Waals surface area contributed by atoms with Gasteiger partial charge in [0.15, 0.2) is 0 Å². The standard InChI is InChI=1S/C21H32N2O3S/c1-15(2)26-19(24)23-12-10-21(11-13-23)14-16-8-6-7-9-17(16)18(21)22-27(25)20(3,4)5/h6-9,15,18,22H,10-14H2,1-5H3/t18-,27-/m1/s1. The zero-order valence-corrected chi connectivity index (χ0v) is 17.9. The summed E-state index contributed by atoms with van der Waals surface area (Å²) in [6, 6.07) is 8.52. The monoisotopic (exact) mass is 392 g/mol. The van der Waals surface area contributed by atoms with Crippen LogP contribution in [-0.2, 0) is 22.5 Å². The molecular weight excluding hydrogens is 360 g/mol. The van der Waals surface area contributed by atoms with Gasteiger partial charge in [-0.15, -0.1) is 4.72 Å². The summed E-state index contributed by atoms with van der Waals surface area (Å²) in [7, 11) is 0. The molecule has 1 aliphatic carbocycles. The number of benzene rings is 1. The van der Waals surface area contributed by atoms with Crippen molar-refractivity contribution in [3.8, 4) is 0 Å². The van der Waals surface area contributed by atoms with E-state index in [1.807, 2.05) is 39.5 Å². The molecule has 2 atom stereocenters. The summed E-state index contributed by atoms with van der Waals surface area (Å²) >= 11 is -1.14. The molecule has 5 nitrogen and oxygen atoms in total. The minimum Gasteiger partial charge on any atom is -0.598 e. The summed E-state index contributed by atoms with van der Waals surface area (Å²) in [6.07, 6.45) is 2.41. The fourth-order valence-corrected chi connectivity index (χ4v) is 5.08. The largest absolute Gasteiger partial charge is 0.598 e. The maximum Gasteiger partial charge on any atom is 0.410 e. The molecule has 150 valence electrons. The molecule has 1 aliphatic heterocycles. The number of piperidine rings is 1. The number of hydrogen-bond donors (Lipinski definition) is 1. The van der Waals surface area contributed by atoms with Crippen LogP contribution in [0.1, 0.15) is 64.6 Å². The molecule has 2 aliphatic rings. The van der Waals surface area contributed by atoms with Gasteiger partial charge < -0.3 is 14.2 Å². The molecule has 1 spiro atoms. The molecule has 1 N–H and O–H groups in total. The molecule has 1 heterocycles. The highest BCUT2D eigenvalue weighted by molar-refractivity contribution is 7.90. The van der Waals surface area contributed by atoms with Crippen LogP contribution in [0.4, 0.5) is 4.79 Å². The van der Waals surface area contributed by atoms with Crippen LogP contribution in [0.25, 0.3) is 0 Å². The van der Waals surface area contributed by atoms with E-state index in [9.17, 15) is 9.35 Å². The molecule has 27 heavy (non-hydrogen) atoms. The Hall–Kier alpha value is -1.24. The zero-order valence-electron chi connectivity index (χ0n) is 17.1. The van der Waals surface area contributed by atoms with Crippen LogP contribution in [0.2, 0.25) is 0 Å². The highest BCUT2D eigenvalue weighted by Gasteiger charge is 2.50. The Morgan fingerprint density at radius 3 is 2.52 bits per heavy atom. The quantitative estimate of drug-likeness (QED) is 0.791. The van der Waals surface area contributed by atoms with Crippen LogP contribution in [0.3, 0.4) is 0 Å². The van der Waals surface area contributed by atoms with Gasteiger partial charge in [0.1, 0.15) is 4.75 Å². The van der Waals surface area contributed by atoms with Gasteiger partial charge in [-0.1, -0.05) is 24.3 Å². The molecule has 0 saturated carbocycles. The summed E-state index contributed by atoms with van der Waals surface area (Å²) in [4.78, 5) is 14.1. The second-order valence-corrected chi connectivity index (χ2v) is 11.1. The molecule has 1 aromatic carbocycles. The van der Waals surface area contributed by atoms with Gasteiger partial charge in [0, 0.05) is 29.9 Å². The number of rotatable bonds is 3. The van der Waals surface area contributed by atoms with Gasteiger partial charge in [0.2, 0.25) is 0 Å². The fourth-order valence-electron chi connectivity index (χ4n) is 4.14. The first-order chi connectivity index (χ1) is 12.6. The molecule has 0 bridgehead atoms. The smallest absolute Gasteiger partial charge is 0.410 e. The molecule has 0 aromatic heterocycles. The van der Waals surface area contributed by atoms with Crippen LogP contribution in [0.5, 0.6) is 0 Å². The van der Waals surface area contributed by atoms with Gasteiger partial charge >= 0.3 is 6.09 Å². The number of nitrogens with one attached hydrogen (secondary N) is 1. The lowest BCUT2D eigenvalue weighted by molar-refractivity contribution is 0.0425. The van der Waals surface area contributed by atoms with E-state index in [-0.39, 0.29) is 28.4 Å². The van der Waals surface area contributed by atoms with E-state index in [1.54, 1.807) is 0 Å². The number of carbonyl (C=O) groups is 1. The second-order valence-electron chi connectivity index (χ2n) is 9.09. The van der Waals surface area contributed by atoms with Crippen molar-refractivity contribution in [3.05, 3.63) is 35.4 Å². The topological polar surface area (TPSA) is 64.6 Å². The lowest BCUT2D eigenvalue weighted by atomic mass is 9.73. The first-order valence-electron chi connectivity index (χ1n) is 9.84. The zero-order chi connectivity index (χ0) is 19.8. The number of fused-ring (bicyclic) bond motifs is 1. The molecule has 1 fully saturated rings. The summed E-state index contributed by atoms with van der Waals surface area (Å²) in [5.74, 6) is 0. The third-order valence-electron chi connectivity index (χ3n) is 5.66. The van der Waals surface area contributed by atoms with E-state index in [0.717, 1.165) is 19.3 Å². The normalized spacial score (nSPS) is 22.8. The Balaban J connectivity index is 1.79. The average Bonchev–Trinajstić information content (AvgIpc) is 2.87. The van der Waals surface area contributed by atoms with Crippen molar-refractivity contribution in [2.45, 2.75) is 70.8 Å². The molecule has 0 unspecified atom stereocenters. The maximum absolute atomic E-state index is 12.9. The molecule has 0 radical (unpaired) electrons. The van der Waals surface area contributed by atoms with Gasteiger partial charge in [-0.25, -0.2) is 4.79 Å². The summed E-state index contributed by atoms with van der Waals surface area (Å²) < 4.78 is 21.4. The Morgan fingerprint density at radius 2 is 1.93 bits per heavy atom. The SMILES string of the molecule is CC(C)OC(=O)N1CCC2(CC1)Cc1ccccc1[C@H]2N[S@+]([O-])C(C)(C)C. The van der Waals surface area contributed by atoms with Crippen LogP contribution < -0.4 is 4.72 Å². The number of amides is 1. The van der Waals surface area contributed by atoms with E-state index in [1.165, 1.54) is 11.1 Å². The van der Waals surface area contributed by atoms with Crippen LogP contribution in [0.15, 0.2) is 24.3 Å². The number of ether oxygens (including phenoxy) is 1. The van der Waals surface area contributed by atoms with E-state index in [4.69, 9.17) is 4.74 Å². The van der Waals surface area contributed by atoms with Crippen molar-refractivity contribution in [2.24, 2.45) is 5.41 Å². The first kappa shape index (κ1) is 20.5. The van der Waals surface area contributed by atoms with Gasteiger partial charge in [-0.2, -0.15) is 0 Å². The van der Waals surface area contributed by atoms with E-state index < -0.39 is 11.4 Å². The Kier molecular flexibility index (Phi) is 5.80. The predicted octanol–water partition coefficient (Wildman–Crippen LogP) is 3.96. The highest BCUT2D eigenvalue weighted by Crippen LogP contribution is 2.52. The summed E-state index contributed by atoms with van der Waals surface area (Å²) in [6.45, 7) is 11.1. The van der Waals surface area contributed by atoms with Crippen molar-refractivity contribution in [3.63, 3.8) is 0 Å². The molecule has 1 aromatic rings. The second kappa shape index (κ2) is 7.64. The molecule has 3 rings (SSSR count). The molecule has 1 saturated heterocycles. The van der Waals surface area contributed by atoms with Crippen LogP contribution in [-0.4, -0.2) is 39.5 Å². The van der Waals surface area contributed by atoms with Crippen molar-refractivity contribution >= 4 is 17.5 Å². The van der Waals surface area contributed by atoms with E-state index >= 15 is 0 Å². The van der Waals surface area contributed by atoms with Gasteiger partial charge in [-0.3, -0.25) is 0 Å². The fraction of sp³-hybridized carbons (Fsp3) is 0.667. The lowest BCUT2D eigenvalue weighted by Gasteiger charge is -2.43. The molecular formula is C21H32N2O3S. The van der Waals surface area contributed by atoms with Gasteiger partial charge in [-0.05, 0) is 65.0 Å². The van der Waals surface area contributed by atoms with Crippen LogP contribution in [0, 0.1) is 5.41 Å². The van der Waals surface area contributed by atoms with Crippen LogP contribution >= 0.6 is 0 Å². The van der Waals surface area contributed by atoms with Crippen molar-refractivity contribution in [1.29, 1.82) is 0 Å². The Bertz CT molecular complexity index is 678. The number of nitrogens with zero attached hydrogens (tertiary/aromatic N) is 1. The highest BCUT2D eigenvalue weighted by atomic mass is 32.2. The van der Waals surface area contributed by atoms with Crippen molar-refractivity contribution < 1.29 is 14.1 Å². The molecule has 6 heteroatoms. The van der Waals surface area contributed by atoms with E-state index in [2.05, 4.69) is 29.0 Å².